The first kappa shape index (κ1) is 20.6. The molecule has 0 atom stereocenters. The van der Waals surface area contributed by atoms with Gasteiger partial charge in [-0.15, -0.1) is 0 Å². The second-order valence-electron chi connectivity index (χ2n) is 6.78. The van der Waals surface area contributed by atoms with E-state index >= 15 is 0 Å². The van der Waals surface area contributed by atoms with Crippen molar-refractivity contribution in [1.29, 1.82) is 0 Å². The van der Waals surface area contributed by atoms with Crippen LogP contribution in [0.25, 0.3) is 10.9 Å². The summed E-state index contributed by atoms with van der Waals surface area (Å²) in [6.07, 6.45) is 1.60. The Kier molecular flexibility index (Phi) is 5.65. The number of carbonyl (C=O) groups is 1. The van der Waals surface area contributed by atoms with Crippen molar-refractivity contribution in [2.75, 3.05) is 31.6 Å². The summed E-state index contributed by atoms with van der Waals surface area (Å²) >= 11 is 5.93. The van der Waals surface area contributed by atoms with E-state index in [0.29, 0.717) is 41.5 Å². The van der Waals surface area contributed by atoms with E-state index in [1.54, 1.807) is 30.5 Å². The van der Waals surface area contributed by atoms with Crippen molar-refractivity contribution < 1.29 is 17.9 Å². The molecule has 2 aromatic heterocycles. The first-order valence-corrected chi connectivity index (χ1v) is 11.1. The third-order valence-corrected chi connectivity index (χ3v) is 7.07. The van der Waals surface area contributed by atoms with Crippen LogP contribution in [-0.2, 0) is 21.3 Å². The highest BCUT2D eigenvalue weighted by atomic mass is 35.5. The Morgan fingerprint density at radius 1 is 1.30 bits per heavy atom. The van der Waals surface area contributed by atoms with Gasteiger partial charge >= 0.3 is 0 Å². The number of primary amides is 1. The molecular formula is C19H20ClN5O4S. The molecule has 0 aliphatic carbocycles. The van der Waals surface area contributed by atoms with Crippen molar-refractivity contribution in [1.82, 2.24) is 14.3 Å². The number of carbonyl (C=O) groups excluding carboxylic acids is 1. The van der Waals surface area contributed by atoms with Crippen LogP contribution < -0.4 is 11.1 Å². The van der Waals surface area contributed by atoms with Crippen LogP contribution in [0.1, 0.15) is 16.1 Å². The zero-order valence-electron chi connectivity index (χ0n) is 15.9. The lowest BCUT2D eigenvalue weighted by Gasteiger charge is -2.26. The van der Waals surface area contributed by atoms with Gasteiger partial charge in [0.1, 0.15) is 15.7 Å². The van der Waals surface area contributed by atoms with Gasteiger partial charge in [0.05, 0.1) is 24.4 Å². The molecule has 1 amide bonds. The Bertz CT molecular complexity index is 1200. The first-order valence-electron chi connectivity index (χ1n) is 9.24. The number of hydrogen-bond acceptors (Lipinski definition) is 6. The molecule has 0 spiro atoms. The fraction of sp³-hybridized carbons (Fsp3) is 0.263. The first-order chi connectivity index (χ1) is 14.4. The fourth-order valence-corrected chi connectivity index (χ4v) is 5.39. The van der Waals surface area contributed by atoms with Crippen molar-refractivity contribution in [3.05, 3.63) is 52.9 Å². The summed E-state index contributed by atoms with van der Waals surface area (Å²) in [6.45, 7) is 1.46. The average Bonchev–Trinajstić information content (AvgIpc) is 3.14. The second kappa shape index (κ2) is 8.23. The number of pyridine rings is 1. The molecule has 1 fully saturated rings. The number of anilines is 1. The number of fused-ring (bicyclic) bond motifs is 1. The number of morpholine rings is 1. The molecule has 3 aromatic rings. The molecule has 4 rings (SSSR count). The number of para-hydroxylation sites is 1. The molecular weight excluding hydrogens is 430 g/mol. The molecule has 9 nitrogen and oxygen atoms in total. The summed E-state index contributed by atoms with van der Waals surface area (Å²) in [5.41, 5.74) is 7.39. The number of ether oxygens (including phenoxy) is 1. The minimum absolute atomic E-state index is 0.109. The van der Waals surface area contributed by atoms with E-state index in [9.17, 15) is 13.2 Å². The lowest BCUT2D eigenvalue weighted by Crippen LogP contribution is -2.41. The van der Waals surface area contributed by atoms with Crippen LogP contribution in [0, 0.1) is 0 Å². The molecule has 1 saturated heterocycles. The average molecular weight is 450 g/mol. The number of nitrogens with two attached hydrogens (primary N) is 1. The van der Waals surface area contributed by atoms with Gasteiger partial charge in [0.25, 0.3) is 5.91 Å². The summed E-state index contributed by atoms with van der Waals surface area (Å²) in [7, 11) is -3.94. The Labute approximate surface area is 178 Å². The van der Waals surface area contributed by atoms with Crippen LogP contribution in [0.3, 0.4) is 0 Å². The molecule has 158 valence electrons. The molecule has 1 aromatic carbocycles. The molecule has 3 heterocycles. The summed E-state index contributed by atoms with van der Waals surface area (Å²) in [5, 5.41) is 4.02. The van der Waals surface area contributed by atoms with Crippen LogP contribution >= 0.6 is 11.6 Å². The summed E-state index contributed by atoms with van der Waals surface area (Å²) in [4.78, 5) is 18.8. The number of aromatic amines is 1. The molecule has 11 heteroatoms. The normalized spacial score (nSPS) is 15.4. The van der Waals surface area contributed by atoms with Gasteiger partial charge in [-0.2, -0.15) is 4.31 Å². The zero-order chi connectivity index (χ0) is 21.3. The van der Waals surface area contributed by atoms with Crippen LogP contribution in [-0.4, -0.2) is 54.9 Å². The van der Waals surface area contributed by atoms with E-state index in [2.05, 4.69) is 15.3 Å². The summed E-state index contributed by atoms with van der Waals surface area (Å²) in [5.74, 6) is -0.843. The number of nitrogens with zero attached hydrogens (tertiary/aromatic N) is 2. The number of benzene rings is 1. The second-order valence-corrected chi connectivity index (χ2v) is 9.04. The largest absolute Gasteiger partial charge is 0.379 e. The number of nitrogens with one attached hydrogen (secondary N) is 2. The molecule has 0 radical (unpaired) electrons. The Hall–Kier alpha value is -2.66. The standard InChI is InChI=1S/C19H20ClN5O4S/c20-15-10-12(4-5-22-15)11-23-14-3-1-2-13-16(14)24-17(19(21)26)18(13)30(27,28)25-6-8-29-9-7-25/h1-5,10,23-24H,6-9,11H2,(H2,21,26). The summed E-state index contributed by atoms with van der Waals surface area (Å²) < 4.78 is 33.2. The maximum atomic E-state index is 13.3. The topological polar surface area (TPSA) is 130 Å². The fourth-order valence-electron chi connectivity index (χ4n) is 3.45. The van der Waals surface area contributed by atoms with Gasteiger partial charge in [-0.25, -0.2) is 13.4 Å². The zero-order valence-corrected chi connectivity index (χ0v) is 17.5. The number of aromatic nitrogens is 2. The highest BCUT2D eigenvalue weighted by molar-refractivity contribution is 7.89. The van der Waals surface area contributed by atoms with E-state index in [1.807, 2.05) is 6.07 Å². The third-order valence-electron chi connectivity index (χ3n) is 4.87. The lowest BCUT2D eigenvalue weighted by molar-refractivity contribution is 0.0730. The maximum Gasteiger partial charge on any atom is 0.266 e. The number of amides is 1. The molecule has 30 heavy (non-hydrogen) atoms. The smallest absolute Gasteiger partial charge is 0.266 e. The van der Waals surface area contributed by atoms with Crippen LogP contribution in [0.4, 0.5) is 5.69 Å². The van der Waals surface area contributed by atoms with Crippen molar-refractivity contribution in [2.24, 2.45) is 5.73 Å². The van der Waals surface area contributed by atoms with Gasteiger partial charge in [-0.05, 0) is 23.8 Å². The Balaban J connectivity index is 1.77. The Morgan fingerprint density at radius 3 is 2.77 bits per heavy atom. The molecule has 0 unspecified atom stereocenters. The Morgan fingerprint density at radius 2 is 2.07 bits per heavy atom. The van der Waals surface area contributed by atoms with E-state index < -0.39 is 15.9 Å². The highest BCUT2D eigenvalue weighted by Gasteiger charge is 2.33. The van der Waals surface area contributed by atoms with Crippen molar-refractivity contribution in [2.45, 2.75) is 11.4 Å². The van der Waals surface area contributed by atoms with Crippen LogP contribution in [0.5, 0.6) is 0 Å². The van der Waals surface area contributed by atoms with Gasteiger partial charge < -0.3 is 20.8 Å². The number of hydrogen-bond donors (Lipinski definition) is 3. The third kappa shape index (κ3) is 3.86. The molecule has 4 N–H and O–H groups in total. The van der Waals surface area contributed by atoms with Crippen molar-refractivity contribution in [3.8, 4) is 0 Å². The number of H-pyrrole nitrogens is 1. The predicted octanol–water partition coefficient (Wildman–Crippen LogP) is 1.95. The molecule has 1 aliphatic heterocycles. The SMILES string of the molecule is NC(=O)c1[nH]c2c(NCc3ccnc(Cl)c3)cccc2c1S(=O)(=O)N1CCOCC1. The van der Waals surface area contributed by atoms with Gasteiger partial charge in [-0.3, -0.25) is 4.79 Å². The van der Waals surface area contributed by atoms with Crippen LogP contribution in [0.15, 0.2) is 41.4 Å². The lowest BCUT2D eigenvalue weighted by atomic mass is 10.2. The highest BCUT2D eigenvalue weighted by Crippen LogP contribution is 2.33. The van der Waals surface area contributed by atoms with Gasteiger partial charge in [0, 0.05) is 31.2 Å². The molecule has 0 bridgehead atoms. The number of rotatable bonds is 6. The van der Waals surface area contributed by atoms with E-state index in [-0.39, 0.29) is 23.7 Å². The monoisotopic (exact) mass is 449 g/mol. The van der Waals surface area contributed by atoms with Crippen molar-refractivity contribution >= 4 is 44.1 Å². The van der Waals surface area contributed by atoms with Crippen LogP contribution in [0.2, 0.25) is 5.15 Å². The minimum atomic E-state index is -3.94. The summed E-state index contributed by atoms with van der Waals surface area (Å²) in [6, 6.07) is 8.71. The number of sulfonamides is 1. The van der Waals surface area contributed by atoms with E-state index in [0.717, 1.165) is 5.56 Å². The molecule has 0 saturated carbocycles. The van der Waals surface area contributed by atoms with E-state index in [1.165, 1.54) is 4.31 Å². The van der Waals surface area contributed by atoms with Crippen molar-refractivity contribution in [3.63, 3.8) is 0 Å². The van der Waals surface area contributed by atoms with Gasteiger partial charge in [0.15, 0.2) is 0 Å². The molecule has 1 aliphatic rings. The number of halogens is 1. The minimum Gasteiger partial charge on any atom is -0.379 e. The maximum absolute atomic E-state index is 13.3. The van der Waals surface area contributed by atoms with Gasteiger partial charge in [0.2, 0.25) is 10.0 Å². The van der Waals surface area contributed by atoms with Gasteiger partial charge in [-0.1, -0.05) is 23.7 Å². The van der Waals surface area contributed by atoms with E-state index in [4.69, 9.17) is 22.1 Å². The predicted molar refractivity (Wildman–Crippen MR) is 113 cm³/mol. The quantitative estimate of drug-likeness (QED) is 0.493.